The van der Waals surface area contributed by atoms with Crippen molar-refractivity contribution in [1.29, 1.82) is 0 Å². The molecule has 9 nitrogen and oxygen atoms in total. The first-order valence-electron chi connectivity index (χ1n) is 10.3. The molecule has 0 spiro atoms. The lowest BCUT2D eigenvalue weighted by molar-refractivity contribution is 0.174. The van der Waals surface area contributed by atoms with Gasteiger partial charge < -0.3 is 18.1 Å². The van der Waals surface area contributed by atoms with Gasteiger partial charge >= 0.3 is 0 Å². The molecule has 1 atom stereocenters. The number of benzene rings is 2. The maximum Gasteiger partial charge on any atom is 0.277 e. The molecule has 0 amide bonds. The molecule has 172 valence electrons. The molecule has 2 aromatic carbocycles. The summed E-state index contributed by atoms with van der Waals surface area (Å²) in [7, 11) is 0. The molecule has 3 heterocycles. The number of ether oxygens (including phenoxy) is 1. The van der Waals surface area contributed by atoms with Crippen molar-refractivity contribution in [1.82, 2.24) is 25.6 Å². The maximum absolute atomic E-state index is 13.8. The molecule has 0 aliphatic heterocycles. The summed E-state index contributed by atoms with van der Waals surface area (Å²) >= 11 is 1.23. The van der Waals surface area contributed by atoms with Crippen molar-refractivity contribution < 1.29 is 22.5 Å². The molecule has 0 aliphatic rings. The lowest BCUT2D eigenvalue weighted by Crippen LogP contribution is -2.04. The molecule has 5 aromatic rings. The first kappa shape index (κ1) is 21.8. The second kappa shape index (κ2) is 9.48. The lowest BCUT2D eigenvalue weighted by Gasteiger charge is -2.11. The van der Waals surface area contributed by atoms with Crippen molar-refractivity contribution in [2.75, 3.05) is 0 Å². The van der Waals surface area contributed by atoms with Gasteiger partial charge in [-0.15, -0.1) is 20.4 Å². The molecule has 0 N–H and O–H groups in total. The highest BCUT2D eigenvalue weighted by atomic mass is 32.2. The number of para-hydroxylation sites is 1. The van der Waals surface area contributed by atoms with Crippen LogP contribution in [0.4, 0.5) is 4.39 Å². The van der Waals surface area contributed by atoms with Crippen LogP contribution in [0.3, 0.4) is 0 Å². The monoisotopic (exact) mass is 479 g/mol. The van der Waals surface area contributed by atoms with Gasteiger partial charge in [0.25, 0.3) is 17.0 Å². The Kier molecular flexibility index (Phi) is 6.09. The van der Waals surface area contributed by atoms with Crippen molar-refractivity contribution in [2.45, 2.75) is 30.9 Å². The van der Waals surface area contributed by atoms with E-state index in [0.29, 0.717) is 39.8 Å². The average molecular weight is 479 g/mol. The molecule has 0 aliphatic carbocycles. The summed E-state index contributed by atoms with van der Waals surface area (Å²) in [5, 5.41) is 20.7. The molecule has 1 unspecified atom stereocenters. The fourth-order valence-electron chi connectivity index (χ4n) is 3.18. The van der Waals surface area contributed by atoms with Gasteiger partial charge in [0.05, 0.1) is 5.75 Å². The van der Waals surface area contributed by atoms with E-state index >= 15 is 0 Å². The highest BCUT2D eigenvalue weighted by Crippen LogP contribution is 2.34. The molecule has 5 rings (SSSR count). The Morgan fingerprint density at radius 3 is 2.59 bits per heavy atom. The van der Waals surface area contributed by atoms with Crippen molar-refractivity contribution in [2.24, 2.45) is 0 Å². The fourth-order valence-corrected chi connectivity index (χ4v) is 3.78. The Bertz CT molecular complexity index is 1400. The van der Waals surface area contributed by atoms with Gasteiger partial charge in [0, 0.05) is 5.56 Å². The Morgan fingerprint density at radius 1 is 0.971 bits per heavy atom. The predicted octanol–water partition coefficient (Wildman–Crippen LogP) is 5.65. The number of hydrogen-bond donors (Lipinski definition) is 0. The summed E-state index contributed by atoms with van der Waals surface area (Å²) in [6.07, 6.45) is -0.623. The highest BCUT2D eigenvalue weighted by Gasteiger charge is 2.23. The number of halogens is 1. The molecule has 3 aromatic heterocycles. The normalized spacial score (nSPS) is 12.1. The summed E-state index contributed by atoms with van der Waals surface area (Å²) in [5.41, 5.74) is 2.16. The van der Waals surface area contributed by atoms with E-state index in [2.05, 4.69) is 25.6 Å². The molecule has 11 heteroatoms. The van der Waals surface area contributed by atoms with E-state index in [1.807, 2.05) is 30.3 Å². The van der Waals surface area contributed by atoms with Crippen LogP contribution in [-0.4, -0.2) is 25.6 Å². The molecule has 0 saturated heterocycles. The predicted molar refractivity (Wildman–Crippen MR) is 119 cm³/mol. The third kappa shape index (κ3) is 4.55. The van der Waals surface area contributed by atoms with Crippen LogP contribution in [0.1, 0.15) is 30.6 Å². The zero-order chi connectivity index (χ0) is 23.5. The first-order valence-corrected chi connectivity index (χ1v) is 11.3. The smallest absolute Gasteiger partial charge is 0.277 e. The van der Waals surface area contributed by atoms with E-state index in [9.17, 15) is 4.39 Å². The van der Waals surface area contributed by atoms with Gasteiger partial charge in [-0.2, -0.15) is 0 Å². The van der Waals surface area contributed by atoms with E-state index in [0.717, 1.165) is 5.56 Å². The van der Waals surface area contributed by atoms with Gasteiger partial charge in [-0.1, -0.05) is 59.4 Å². The van der Waals surface area contributed by atoms with Gasteiger partial charge in [0.1, 0.15) is 17.0 Å². The SMILES string of the molecule is Cc1onc(-c2ccccc2)c1-c1nnc(CSc2nnc(C(C)Oc3ccccc3F)o2)o1. The minimum atomic E-state index is -0.623. The summed E-state index contributed by atoms with van der Waals surface area (Å²) < 4.78 is 36.2. The highest BCUT2D eigenvalue weighted by molar-refractivity contribution is 7.98. The van der Waals surface area contributed by atoms with Crippen molar-refractivity contribution in [3.8, 4) is 28.5 Å². The molecule has 0 radical (unpaired) electrons. The lowest BCUT2D eigenvalue weighted by atomic mass is 10.1. The Morgan fingerprint density at radius 2 is 1.76 bits per heavy atom. The van der Waals surface area contributed by atoms with E-state index < -0.39 is 11.9 Å². The van der Waals surface area contributed by atoms with Gasteiger partial charge in [0.2, 0.25) is 5.89 Å². The number of aromatic nitrogens is 5. The second-order valence-corrected chi connectivity index (χ2v) is 8.14. The number of rotatable bonds is 8. The zero-order valence-corrected chi connectivity index (χ0v) is 19.0. The largest absolute Gasteiger partial charge is 0.478 e. The van der Waals surface area contributed by atoms with Crippen LogP contribution in [0.25, 0.3) is 22.7 Å². The third-order valence-corrected chi connectivity index (χ3v) is 5.62. The average Bonchev–Trinajstić information content (AvgIpc) is 3.59. The van der Waals surface area contributed by atoms with Gasteiger partial charge in [-0.25, -0.2) is 4.39 Å². The van der Waals surface area contributed by atoms with Crippen LogP contribution in [0.2, 0.25) is 0 Å². The maximum atomic E-state index is 13.8. The van der Waals surface area contributed by atoms with Crippen LogP contribution in [0, 0.1) is 12.7 Å². The molecule has 0 fully saturated rings. The van der Waals surface area contributed by atoms with Crippen molar-refractivity contribution in [3.63, 3.8) is 0 Å². The van der Waals surface area contributed by atoms with Crippen LogP contribution >= 0.6 is 11.8 Å². The number of hydrogen-bond acceptors (Lipinski definition) is 10. The van der Waals surface area contributed by atoms with Crippen LogP contribution in [0.5, 0.6) is 5.75 Å². The molecule has 0 bridgehead atoms. The number of aryl methyl sites for hydroxylation is 1. The summed E-state index contributed by atoms with van der Waals surface area (Å²) in [5.74, 6) is 1.44. The number of thioether (sulfide) groups is 1. The Balaban J connectivity index is 1.25. The third-order valence-electron chi connectivity index (χ3n) is 4.82. The molecular formula is C23H18FN5O4S. The molecular weight excluding hydrogens is 461 g/mol. The molecule has 34 heavy (non-hydrogen) atoms. The van der Waals surface area contributed by atoms with Gasteiger partial charge in [0.15, 0.2) is 17.7 Å². The van der Waals surface area contributed by atoms with Crippen LogP contribution in [0.15, 0.2) is 73.2 Å². The van der Waals surface area contributed by atoms with Crippen molar-refractivity contribution in [3.05, 3.63) is 78.0 Å². The Labute approximate surface area is 197 Å². The minimum absolute atomic E-state index is 0.111. The van der Waals surface area contributed by atoms with E-state index in [1.54, 1.807) is 26.0 Å². The number of nitrogens with zero attached hydrogens (tertiary/aromatic N) is 5. The van der Waals surface area contributed by atoms with Crippen LogP contribution in [-0.2, 0) is 5.75 Å². The van der Waals surface area contributed by atoms with Gasteiger partial charge in [-0.3, -0.25) is 0 Å². The molecule has 0 saturated carbocycles. The Hall–Kier alpha value is -3.99. The van der Waals surface area contributed by atoms with Crippen LogP contribution < -0.4 is 4.74 Å². The summed E-state index contributed by atoms with van der Waals surface area (Å²) in [6, 6.07) is 15.7. The fraction of sp³-hybridized carbons (Fsp3) is 0.174. The van der Waals surface area contributed by atoms with Crippen molar-refractivity contribution >= 4 is 11.8 Å². The van der Waals surface area contributed by atoms with E-state index in [4.69, 9.17) is 18.1 Å². The summed E-state index contributed by atoms with van der Waals surface area (Å²) in [6.45, 7) is 3.49. The first-order chi connectivity index (χ1) is 16.6. The minimum Gasteiger partial charge on any atom is -0.478 e. The quantitative estimate of drug-likeness (QED) is 0.258. The zero-order valence-electron chi connectivity index (χ0n) is 18.1. The van der Waals surface area contributed by atoms with Gasteiger partial charge in [-0.05, 0) is 26.0 Å². The van der Waals surface area contributed by atoms with E-state index in [-0.39, 0.29) is 11.6 Å². The standard InChI is InChI=1S/C23H18FN5O4S/c1-13-19(20(29-33-13)15-8-4-3-5-9-15)22-27-25-18(31-22)12-34-23-28-26-21(32-23)14(2)30-17-11-7-6-10-16(17)24/h3-11,14H,12H2,1-2H3. The topological polar surface area (TPSA) is 113 Å². The second-order valence-electron chi connectivity index (χ2n) is 7.21. The van der Waals surface area contributed by atoms with E-state index in [1.165, 1.54) is 23.9 Å². The summed E-state index contributed by atoms with van der Waals surface area (Å²) in [4.78, 5) is 0.